The summed E-state index contributed by atoms with van der Waals surface area (Å²) in [4.78, 5) is 23.2. The summed E-state index contributed by atoms with van der Waals surface area (Å²) in [6.07, 6.45) is 0. The normalized spacial score (nSPS) is 10.6. The first-order valence-electron chi connectivity index (χ1n) is 6.98. The van der Waals surface area contributed by atoms with Gasteiger partial charge in [0.15, 0.2) is 0 Å². The Morgan fingerprint density at radius 3 is 2.59 bits per heavy atom. The molecule has 2 aromatic rings. The van der Waals surface area contributed by atoms with Gasteiger partial charge >= 0.3 is 0 Å². The maximum absolute atomic E-state index is 12.2. The standard InChI is InChI=1S/C16H19N3O3/c1-9(2)11-8-13(10(3)7-14(11)22-4)17-16(21)12-5-6-15(20)19-18-12/h5-9H,1-4H3,(H,17,21)(H,19,20). The molecule has 6 heteroatoms. The number of aromatic amines is 1. The molecule has 6 nitrogen and oxygen atoms in total. The van der Waals surface area contributed by atoms with E-state index in [4.69, 9.17) is 4.74 Å². The summed E-state index contributed by atoms with van der Waals surface area (Å²) in [5.74, 6) is 0.685. The van der Waals surface area contributed by atoms with Crippen molar-refractivity contribution < 1.29 is 9.53 Å². The zero-order valence-corrected chi connectivity index (χ0v) is 13.1. The minimum absolute atomic E-state index is 0.154. The van der Waals surface area contributed by atoms with Crippen molar-refractivity contribution in [1.82, 2.24) is 10.2 Å². The van der Waals surface area contributed by atoms with Crippen LogP contribution in [-0.4, -0.2) is 23.2 Å². The Labute approximate surface area is 128 Å². The molecule has 0 aliphatic rings. The molecule has 0 spiro atoms. The Hall–Kier alpha value is -2.63. The Balaban J connectivity index is 2.32. The second-order valence-corrected chi connectivity index (χ2v) is 5.32. The fourth-order valence-electron chi connectivity index (χ4n) is 2.12. The Morgan fingerprint density at radius 2 is 2.05 bits per heavy atom. The van der Waals surface area contributed by atoms with Gasteiger partial charge in [-0.25, -0.2) is 5.10 Å². The monoisotopic (exact) mass is 301 g/mol. The summed E-state index contributed by atoms with van der Waals surface area (Å²) in [5, 5.41) is 8.78. The molecule has 0 aliphatic heterocycles. The first-order chi connectivity index (χ1) is 10.4. The summed E-state index contributed by atoms with van der Waals surface area (Å²) in [5.41, 5.74) is 2.40. The summed E-state index contributed by atoms with van der Waals surface area (Å²) in [6, 6.07) is 6.45. The average molecular weight is 301 g/mol. The number of hydrogen-bond donors (Lipinski definition) is 2. The van der Waals surface area contributed by atoms with Gasteiger partial charge in [-0.3, -0.25) is 9.59 Å². The van der Waals surface area contributed by atoms with Gasteiger partial charge in [0.2, 0.25) is 0 Å². The van der Waals surface area contributed by atoms with Crippen LogP contribution in [0.5, 0.6) is 5.75 Å². The zero-order valence-electron chi connectivity index (χ0n) is 13.1. The number of hydrogen-bond acceptors (Lipinski definition) is 4. The number of aromatic nitrogens is 2. The highest BCUT2D eigenvalue weighted by molar-refractivity contribution is 6.03. The van der Waals surface area contributed by atoms with E-state index in [0.29, 0.717) is 5.69 Å². The van der Waals surface area contributed by atoms with E-state index in [-0.39, 0.29) is 23.1 Å². The van der Waals surface area contributed by atoms with Crippen molar-refractivity contribution in [2.24, 2.45) is 0 Å². The van der Waals surface area contributed by atoms with Crippen LogP contribution in [0.4, 0.5) is 5.69 Å². The van der Waals surface area contributed by atoms with E-state index < -0.39 is 0 Å². The van der Waals surface area contributed by atoms with Crippen LogP contribution >= 0.6 is 0 Å². The highest BCUT2D eigenvalue weighted by Gasteiger charge is 2.14. The number of aryl methyl sites for hydroxylation is 1. The van der Waals surface area contributed by atoms with E-state index in [1.54, 1.807) is 7.11 Å². The van der Waals surface area contributed by atoms with Crippen molar-refractivity contribution in [1.29, 1.82) is 0 Å². The van der Waals surface area contributed by atoms with Gasteiger partial charge in [-0.1, -0.05) is 13.8 Å². The molecule has 1 aromatic carbocycles. The lowest BCUT2D eigenvalue weighted by Gasteiger charge is -2.16. The van der Waals surface area contributed by atoms with Gasteiger partial charge < -0.3 is 10.1 Å². The fourth-order valence-corrected chi connectivity index (χ4v) is 2.12. The van der Waals surface area contributed by atoms with Crippen LogP contribution in [0.1, 0.15) is 41.4 Å². The van der Waals surface area contributed by atoms with Crippen molar-refractivity contribution in [3.8, 4) is 5.75 Å². The minimum atomic E-state index is -0.376. The minimum Gasteiger partial charge on any atom is -0.496 e. The Kier molecular flexibility index (Phi) is 4.60. The number of ether oxygens (including phenoxy) is 1. The van der Waals surface area contributed by atoms with Crippen molar-refractivity contribution in [2.75, 3.05) is 12.4 Å². The van der Waals surface area contributed by atoms with Gasteiger partial charge in [0.05, 0.1) is 7.11 Å². The number of rotatable bonds is 4. The fraction of sp³-hybridized carbons (Fsp3) is 0.312. The molecule has 2 N–H and O–H groups in total. The van der Waals surface area contributed by atoms with Crippen LogP contribution < -0.4 is 15.6 Å². The summed E-state index contributed by atoms with van der Waals surface area (Å²) >= 11 is 0. The van der Waals surface area contributed by atoms with Gasteiger partial charge in [-0.2, -0.15) is 5.10 Å². The third kappa shape index (κ3) is 3.33. The molecule has 1 aromatic heterocycles. The van der Waals surface area contributed by atoms with Crippen molar-refractivity contribution >= 4 is 11.6 Å². The molecule has 0 radical (unpaired) electrons. The average Bonchev–Trinajstić information content (AvgIpc) is 2.49. The second kappa shape index (κ2) is 6.43. The van der Waals surface area contributed by atoms with E-state index >= 15 is 0 Å². The van der Waals surface area contributed by atoms with Crippen LogP contribution in [0.2, 0.25) is 0 Å². The lowest BCUT2D eigenvalue weighted by atomic mass is 9.99. The molecule has 0 aliphatic carbocycles. The molecule has 116 valence electrons. The van der Waals surface area contributed by atoms with Crippen LogP contribution in [0, 0.1) is 6.92 Å². The molecule has 22 heavy (non-hydrogen) atoms. The molecule has 0 bridgehead atoms. The first-order valence-corrected chi connectivity index (χ1v) is 6.98. The molecule has 0 saturated heterocycles. The van der Waals surface area contributed by atoms with Crippen molar-refractivity contribution in [3.63, 3.8) is 0 Å². The van der Waals surface area contributed by atoms with E-state index in [0.717, 1.165) is 16.9 Å². The van der Waals surface area contributed by atoms with Crippen LogP contribution in [0.15, 0.2) is 29.1 Å². The highest BCUT2D eigenvalue weighted by atomic mass is 16.5. The van der Waals surface area contributed by atoms with Gasteiger partial charge in [0, 0.05) is 11.8 Å². The van der Waals surface area contributed by atoms with Crippen LogP contribution in [-0.2, 0) is 0 Å². The van der Waals surface area contributed by atoms with Crippen LogP contribution in [0.25, 0.3) is 0 Å². The molecule has 0 unspecified atom stereocenters. The number of carbonyl (C=O) groups is 1. The smallest absolute Gasteiger partial charge is 0.276 e. The second-order valence-electron chi connectivity index (χ2n) is 5.32. The van der Waals surface area contributed by atoms with E-state index in [1.165, 1.54) is 12.1 Å². The van der Waals surface area contributed by atoms with Gasteiger partial charge in [0.1, 0.15) is 11.4 Å². The molecule has 2 rings (SSSR count). The van der Waals surface area contributed by atoms with E-state index in [9.17, 15) is 9.59 Å². The van der Waals surface area contributed by atoms with Gasteiger partial charge in [-0.15, -0.1) is 0 Å². The highest BCUT2D eigenvalue weighted by Crippen LogP contribution is 2.32. The topological polar surface area (TPSA) is 84.1 Å². The Bertz CT molecular complexity index is 730. The molecule has 0 fully saturated rings. The number of H-pyrrole nitrogens is 1. The number of amides is 1. The molecule has 0 saturated carbocycles. The lowest BCUT2D eigenvalue weighted by molar-refractivity contribution is 0.102. The predicted molar refractivity (Wildman–Crippen MR) is 84.6 cm³/mol. The molecular weight excluding hydrogens is 282 g/mol. The number of anilines is 1. The summed E-state index contributed by atoms with van der Waals surface area (Å²) < 4.78 is 5.38. The van der Waals surface area contributed by atoms with Crippen molar-refractivity contribution in [3.05, 3.63) is 51.4 Å². The number of methoxy groups -OCH3 is 1. The largest absolute Gasteiger partial charge is 0.496 e. The number of nitrogens with one attached hydrogen (secondary N) is 2. The maximum atomic E-state index is 12.2. The lowest BCUT2D eigenvalue weighted by Crippen LogP contribution is -2.18. The summed E-state index contributed by atoms with van der Waals surface area (Å²) in [6.45, 7) is 6.01. The Morgan fingerprint density at radius 1 is 1.32 bits per heavy atom. The quantitative estimate of drug-likeness (QED) is 0.908. The number of benzene rings is 1. The van der Waals surface area contributed by atoms with E-state index in [1.807, 2.05) is 19.1 Å². The van der Waals surface area contributed by atoms with Crippen LogP contribution in [0.3, 0.4) is 0 Å². The number of nitrogens with zero attached hydrogens (tertiary/aromatic N) is 1. The van der Waals surface area contributed by atoms with E-state index in [2.05, 4.69) is 29.4 Å². The molecular formula is C16H19N3O3. The number of carbonyl (C=O) groups excluding carboxylic acids is 1. The maximum Gasteiger partial charge on any atom is 0.276 e. The SMILES string of the molecule is COc1cc(C)c(NC(=O)c2ccc(=O)[nH]n2)cc1C(C)C. The predicted octanol–water partition coefficient (Wildman–Crippen LogP) is 2.46. The van der Waals surface area contributed by atoms with Crippen molar-refractivity contribution in [2.45, 2.75) is 26.7 Å². The van der Waals surface area contributed by atoms with Gasteiger partial charge in [0.25, 0.3) is 11.5 Å². The summed E-state index contributed by atoms with van der Waals surface area (Å²) in [7, 11) is 1.63. The third-order valence-electron chi connectivity index (χ3n) is 3.36. The zero-order chi connectivity index (χ0) is 16.3. The molecule has 1 heterocycles. The third-order valence-corrected chi connectivity index (χ3v) is 3.36. The first kappa shape index (κ1) is 15.8. The molecule has 1 amide bonds. The molecule has 0 atom stereocenters. The van der Waals surface area contributed by atoms with Gasteiger partial charge in [-0.05, 0) is 42.2 Å².